The average molecular weight is 465 g/mol. The molecule has 3 rings (SSSR count). The number of rotatable bonds is 0. The fourth-order valence-electron chi connectivity index (χ4n) is 2.52. The van der Waals surface area contributed by atoms with Gasteiger partial charge in [0.2, 0.25) is 0 Å². The first kappa shape index (κ1) is 32.2. The fourth-order valence-corrected chi connectivity index (χ4v) is 2.52. The van der Waals surface area contributed by atoms with Crippen molar-refractivity contribution in [2.75, 3.05) is 0 Å². The number of halogens is 2. The molecule has 0 N–H and O–H groups in total. The zero-order valence-corrected chi connectivity index (χ0v) is 21.5. The van der Waals surface area contributed by atoms with E-state index < -0.39 is 0 Å². The van der Waals surface area contributed by atoms with Crippen LogP contribution in [0.2, 0.25) is 0 Å². The second kappa shape index (κ2) is 17.0. The largest absolute Gasteiger partial charge is 0.210 e. The van der Waals surface area contributed by atoms with Gasteiger partial charge in [0.15, 0.2) is 0 Å². The maximum absolute atomic E-state index is 3.16. The molecule has 0 saturated carbocycles. The van der Waals surface area contributed by atoms with Crippen molar-refractivity contribution in [1.82, 2.24) is 0 Å². The monoisotopic (exact) mass is 462 g/mol. The molecule has 1 aromatic carbocycles. The van der Waals surface area contributed by atoms with Gasteiger partial charge in [-0.05, 0) is 5.41 Å². The van der Waals surface area contributed by atoms with Crippen molar-refractivity contribution in [2.24, 2.45) is 5.41 Å². The summed E-state index contributed by atoms with van der Waals surface area (Å²) in [5.74, 6) is 0. The molecule has 0 saturated heterocycles. The van der Waals surface area contributed by atoms with Gasteiger partial charge in [0.05, 0.1) is 0 Å². The minimum atomic E-state index is 0. The van der Waals surface area contributed by atoms with Gasteiger partial charge in [0.1, 0.15) is 0 Å². The van der Waals surface area contributed by atoms with E-state index >= 15 is 0 Å². The van der Waals surface area contributed by atoms with Gasteiger partial charge in [-0.25, -0.2) is 18.2 Å². The molecule has 0 bridgehead atoms. The minimum absolute atomic E-state index is 0. The average Bonchev–Trinajstić information content (AvgIpc) is 3.12. The molecule has 0 heterocycles. The van der Waals surface area contributed by atoms with Crippen molar-refractivity contribution in [3.8, 4) is 0 Å². The molecule has 24 heavy (non-hydrogen) atoms. The zero-order valence-electron chi connectivity index (χ0n) is 15.9. The van der Waals surface area contributed by atoms with Crippen molar-refractivity contribution >= 4 is 31.7 Å². The molecule has 0 aromatic heterocycles. The van der Waals surface area contributed by atoms with E-state index in [0.29, 0.717) is 5.41 Å². The van der Waals surface area contributed by atoms with E-state index in [9.17, 15) is 0 Å². The third-order valence-corrected chi connectivity index (χ3v) is 3.81. The van der Waals surface area contributed by atoms with E-state index in [0.717, 1.165) is 6.42 Å². The molecular formula is C20H34Cl2SiZr-4. The molecule has 0 radical (unpaired) electrons. The maximum Gasteiger partial charge on any atom is -0.0512 e. The van der Waals surface area contributed by atoms with E-state index in [1.165, 1.54) is 31.3 Å². The van der Waals surface area contributed by atoms with E-state index in [2.05, 4.69) is 51.1 Å². The van der Waals surface area contributed by atoms with E-state index in [1.807, 2.05) is 13.0 Å². The Hall–Kier alpha value is 0.510. The zero-order chi connectivity index (χ0) is 15.0. The summed E-state index contributed by atoms with van der Waals surface area (Å²) in [6.07, 6.45) is 13.8. The fraction of sp³-hybridized carbons (Fsp3) is 0.450. The molecule has 0 amide bonds. The summed E-state index contributed by atoms with van der Waals surface area (Å²) >= 11 is 1.58. The molecule has 4 heteroatoms. The first-order valence-corrected chi connectivity index (χ1v) is 13.3. The third-order valence-electron chi connectivity index (χ3n) is 3.81. The first-order chi connectivity index (χ1) is 9.57. The molecule has 140 valence electrons. The second-order valence-electron chi connectivity index (χ2n) is 6.27. The van der Waals surface area contributed by atoms with Crippen LogP contribution in [0.1, 0.15) is 51.2 Å². The van der Waals surface area contributed by atoms with Gasteiger partial charge in [-0.1, -0.05) is 46.5 Å². The summed E-state index contributed by atoms with van der Waals surface area (Å²) in [6.45, 7) is 8.66. The molecule has 2 aliphatic carbocycles. The molecule has 2 aliphatic rings. The molecular weight excluding hydrogens is 430 g/mol. The van der Waals surface area contributed by atoms with Crippen molar-refractivity contribution < 1.29 is 23.3 Å². The van der Waals surface area contributed by atoms with Gasteiger partial charge < -0.3 is 14.9 Å². The first-order valence-electron chi connectivity index (χ1n) is 7.42. The van der Waals surface area contributed by atoms with Crippen molar-refractivity contribution in [2.45, 2.75) is 52.9 Å². The Balaban J connectivity index is -0.000000131. The Kier molecular flexibility index (Phi) is 22.7. The van der Waals surface area contributed by atoms with Crippen LogP contribution in [0.3, 0.4) is 0 Å². The van der Waals surface area contributed by atoms with Crippen LogP contribution in [-0.2, 0) is 36.2 Å². The quantitative estimate of drug-likeness (QED) is 0.335. The molecule has 0 atom stereocenters. The summed E-state index contributed by atoms with van der Waals surface area (Å²) in [4.78, 5) is 0. The Labute approximate surface area is 180 Å². The summed E-state index contributed by atoms with van der Waals surface area (Å²) in [6, 6.07) is 6.69. The van der Waals surface area contributed by atoms with Gasteiger partial charge in [0.25, 0.3) is 0 Å². The number of aryl methyl sites for hydroxylation is 2. The second-order valence-corrected chi connectivity index (χ2v) is 6.27. The smallest absolute Gasteiger partial charge is 0.0512 e. The standard InChI is InChI=1S/C9H11.C9H13.2CH3.2ClH.H2Si.Zr/c1-2-5-9-7-3-6-8(9)4-1;1-9(2,3)8-6-4-5-7-8;;;;;;/h3,6-7H,1-2,4-5H2;4,6H,7H2,1-3H3;2*1H3;2*1H;1H2;/q4*-1;;;;. The minimum Gasteiger partial charge on any atom is -0.210 e. The number of allylic oxidation sites excluding steroid dienone is 4. The van der Waals surface area contributed by atoms with Crippen LogP contribution in [0.15, 0.2) is 35.9 Å². The Morgan fingerprint density at radius 3 is 2.08 bits per heavy atom. The molecule has 0 unspecified atom stereocenters. The molecule has 0 spiro atoms. The topological polar surface area (TPSA) is 0 Å². The molecule has 0 nitrogen and oxygen atoms in total. The number of hydrogen-bond acceptors (Lipinski definition) is 0. The van der Waals surface area contributed by atoms with Crippen molar-refractivity contribution in [3.63, 3.8) is 0 Å². The molecule has 1 aromatic rings. The number of hydrogen-bond donors (Lipinski definition) is 0. The van der Waals surface area contributed by atoms with Gasteiger partial charge in [-0.15, -0.1) is 31.2 Å². The summed E-state index contributed by atoms with van der Waals surface area (Å²) < 4.78 is 0. The third kappa shape index (κ3) is 11.2. The van der Waals surface area contributed by atoms with Crippen molar-refractivity contribution in [3.05, 3.63) is 68.0 Å². The summed E-state index contributed by atoms with van der Waals surface area (Å²) in [7, 11) is 0. The summed E-state index contributed by atoms with van der Waals surface area (Å²) in [5.41, 5.74) is 5.03. The van der Waals surface area contributed by atoms with Gasteiger partial charge >= 0.3 is 30.2 Å². The van der Waals surface area contributed by atoms with Crippen LogP contribution in [0.5, 0.6) is 0 Å². The van der Waals surface area contributed by atoms with Gasteiger partial charge in [-0.3, -0.25) is 6.08 Å². The van der Waals surface area contributed by atoms with E-state index in [4.69, 9.17) is 0 Å². The van der Waals surface area contributed by atoms with Gasteiger partial charge in [0, 0.05) is 0 Å². The van der Waals surface area contributed by atoms with Crippen LogP contribution in [-0.4, -0.2) is 6.88 Å². The Morgan fingerprint density at radius 2 is 1.67 bits per heavy atom. The molecule has 0 aliphatic heterocycles. The van der Waals surface area contributed by atoms with Crippen molar-refractivity contribution in [1.29, 1.82) is 0 Å². The van der Waals surface area contributed by atoms with E-state index in [-0.39, 0.29) is 39.7 Å². The number of fused-ring (bicyclic) bond motifs is 1. The Bertz CT molecular complexity index is 450. The van der Waals surface area contributed by atoms with Crippen LogP contribution in [0.25, 0.3) is 0 Å². The van der Waals surface area contributed by atoms with Crippen LogP contribution in [0.4, 0.5) is 0 Å². The van der Waals surface area contributed by atoms with E-state index in [1.54, 1.807) is 34.5 Å². The predicted molar refractivity (Wildman–Crippen MR) is 115 cm³/mol. The maximum atomic E-state index is 3.16. The summed E-state index contributed by atoms with van der Waals surface area (Å²) in [5, 5.41) is 0. The molecule has 0 fully saturated rings. The van der Waals surface area contributed by atoms with Crippen LogP contribution < -0.4 is 0 Å². The SMILES string of the molecule is CC(C)(C)C1=CC=[C-]C1.Cl.Cl.[CH3-].[CH3-].[SiH2]=[Zr].c1cc2c([cH-]1)CCCC2. The normalized spacial score (nSPS) is 13.5. The predicted octanol–water partition coefficient (Wildman–Crippen LogP) is 5.83. The van der Waals surface area contributed by atoms with Crippen LogP contribution in [0, 0.1) is 26.3 Å². The van der Waals surface area contributed by atoms with Crippen LogP contribution >= 0.6 is 24.8 Å². The Morgan fingerprint density at radius 1 is 1.08 bits per heavy atom. The van der Waals surface area contributed by atoms with Gasteiger partial charge in [-0.2, -0.15) is 28.8 Å².